The summed E-state index contributed by atoms with van der Waals surface area (Å²) >= 11 is 0. The molecule has 7 nitrogen and oxygen atoms in total. The van der Waals surface area contributed by atoms with Crippen LogP contribution in [0.2, 0.25) is 0 Å². The molecule has 0 unspecified atom stereocenters. The van der Waals surface area contributed by atoms with Crippen LogP contribution in [0, 0.1) is 18.6 Å². The zero-order chi connectivity index (χ0) is 20.0. The number of nitrogens with zero attached hydrogens (tertiary/aromatic N) is 3. The van der Waals surface area contributed by atoms with Gasteiger partial charge in [0.15, 0.2) is 5.82 Å². The average Bonchev–Trinajstić information content (AvgIpc) is 3.16. The Labute approximate surface area is 156 Å². The molecule has 0 aliphatic carbocycles. The van der Waals surface area contributed by atoms with Gasteiger partial charge in [-0.2, -0.15) is 5.10 Å². The molecule has 140 valence electrons. The molecule has 2 amide bonds. The van der Waals surface area contributed by atoms with E-state index in [1.54, 1.807) is 12.1 Å². The number of rotatable bonds is 3. The van der Waals surface area contributed by atoms with E-state index in [-0.39, 0.29) is 28.1 Å². The quantitative estimate of drug-likeness (QED) is 0.650. The van der Waals surface area contributed by atoms with E-state index < -0.39 is 29.4 Å². The van der Waals surface area contributed by atoms with Crippen LogP contribution in [0.3, 0.4) is 0 Å². The molecule has 2 heterocycles. The third kappa shape index (κ3) is 2.64. The van der Waals surface area contributed by atoms with Crippen LogP contribution in [0.25, 0.3) is 5.69 Å². The Hall–Kier alpha value is -3.88. The molecule has 1 aliphatic heterocycles. The molecule has 0 spiro atoms. The molecule has 1 aliphatic rings. The summed E-state index contributed by atoms with van der Waals surface area (Å²) in [5, 5.41) is 4.29. The number of aromatic nitrogens is 2. The zero-order valence-electron chi connectivity index (χ0n) is 14.3. The van der Waals surface area contributed by atoms with Crippen LogP contribution in [0.5, 0.6) is 0 Å². The van der Waals surface area contributed by atoms with E-state index in [0.717, 1.165) is 16.9 Å². The number of fused-ring (bicyclic) bond motifs is 1. The Morgan fingerprint density at radius 2 is 1.68 bits per heavy atom. The van der Waals surface area contributed by atoms with Crippen molar-refractivity contribution in [2.45, 2.75) is 6.92 Å². The van der Waals surface area contributed by atoms with Crippen molar-refractivity contribution in [1.29, 1.82) is 0 Å². The molecule has 28 heavy (non-hydrogen) atoms. The van der Waals surface area contributed by atoms with Crippen LogP contribution < -0.4 is 0 Å². The highest BCUT2D eigenvalue weighted by molar-refractivity contribution is 6.21. The van der Waals surface area contributed by atoms with Crippen molar-refractivity contribution >= 4 is 17.8 Å². The first kappa shape index (κ1) is 17.5. The van der Waals surface area contributed by atoms with Crippen LogP contribution in [-0.2, 0) is 4.84 Å². The summed E-state index contributed by atoms with van der Waals surface area (Å²) in [5.74, 6) is -4.16. The Morgan fingerprint density at radius 3 is 2.29 bits per heavy atom. The Bertz CT molecular complexity index is 1120. The van der Waals surface area contributed by atoms with Gasteiger partial charge >= 0.3 is 5.97 Å². The molecule has 0 fully saturated rings. The van der Waals surface area contributed by atoms with Gasteiger partial charge in [0.25, 0.3) is 11.8 Å². The van der Waals surface area contributed by atoms with E-state index in [4.69, 9.17) is 4.84 Å². The Morgan fingerprint density at radius 1 is 1.04 bits per heavy atom. The van der Waals surface area contributed by atoms with Gasteiger partial charge in [-0.1, -0.05) is 17.2 Å². The van der Waals surface area contributed by atoms with E-state index in [0.29, 0.717) is 11.1 Å². The van der Waals surface area contributed by atoms with Gasteiger partial charge in [0.2, 0.25) is 0 Å². The fourth-order valence-electron chi connectivity index (χ4n) is 2.89. The Kier molecular flexibility index (Phi) is 3.99. The summed E-state index contributed by atoms with van der Waals surface area (Å²) in [4.78, 5) is 42.0. The fraction of sp³-hybridized carbons (Fsp3) is 0.0526. The number of hydrogen-bond acceptors (Lipinski definition) is 5. The third-order valence-corrected chi connectivity index (χ3v) is 4.30. The molecule has 0 atom stereocenters. The second-order valence-corrected chi connectivity index (χ2v) is 5.98. The van der Waals surface area contributed by atoms with Crippen molar-refractivity contribution in [1.82, 2.24) is 14.8 Å². The summed E-state index contributed by atoms with van der Waals surface area (Å²) in [6.45, 7) is 1.47. The Balaban J connectivity index is 1.61. The van der Waals surface area contributed by atoms with Crippen molar-refractivity contribution in [3.8, 4) is 5.69 Å². The maximum Gasteiger partial charge on any atom is 0.367 e. The predicted octanol–water partition coefficient (Wildman–Crippen LogP) is 2.83. The van der Waals surface area contributed by atoms with Crippen LogP contribution in [0.1, 0.15) is 36.8 Å². The summed E-state index contributed by atoms with van der Waals surface area (Å²) in [7, 11) is 0. The number of hydrogen-bond donors (Lipinski definition) is 0. The van der Waals surface area contributed by atoms with Gasteiger partial charge in [-0.05, 0) is 31.2 Å². The average molecular weight is 383 g/mol. The first-order valence-electron chi connectivity index (χ1n) is 8.08. The minimum Gasteiger partial charge on any atom is -0.324 e. The molecule has 1 aromatic heterocycles. The van der Waals surface area contributed by atoms with Crippen molar-refractivity contribution < 1.29 is 28.0 Å². The standard InChI is InChI=1S/C19H11F2N3O4/c1-10-14(9-22-23(10)16-7-6-11(20)8-15(16)21)19(27)28-24-17(25)12-4-2-3-5-13(12)18(24)26/h2-9H,1H3. The van der Waals surface area contributed by atoms with Crippen molar-refractivity contribution in [3.63, 3.8) is 0 Å². The lowest BCUT2D eigenvalue weighted by molar-refractivity contribution is -0.0585. The van der Waals surface area contributed by atoms with Gasteiger partial charge in [0.05, 0.1) is 23.0 Å². The minimum atomic E-state index is -1.01. The molecule has 2 aromatic carbocycles. The first-order chi connectivity index (χ1) is 13.4. The number of amides is 2. The summed E-state index contributed by atoms with van der Waals surface area (Å²) in [6, 6.07) is 8.98. The highest BCUT2D eigenvalue weighted by Gasteiger charge is 2.39. The largest absolute Gasteiger partial charge is 0.367 e. The van der Waals surface area contributed by atoms with E-state index in [1.807, 2.05) is 0 Å². The normalized spacial score (nSPS) is 13.0. The van der Waals surface area contributed by atoms with Crippen LogP contribution in [0.15, 0.2) is 48.7 Å². The topological polar surface area (TPSA) is 81.5 Å². The lowest BCUT2D eigenvalue weighted by Crippen LogP contribution is -2.32. The second-order valence-electron chi connectivity index (χ2n) is 5.98. The number of imide groups is 1. The zero-order valence-corrected chi connectivity index (χ0v) is 14.3. The van der Waals surface area contributed by atoms with Gasteiger partial charge < -0.3 is 4.84 Å². The number of benzene rings is 2. The summed E-state index contributed by atoms with van der Waals surface area (Å²) in [5.41, 5.74) is 0.285. The molecular formula is C19H11F2N3O4. The first-order valence-corrected chi connectivity index (χ1v) is 8.08. The predicted molar refractivity (Wildman–Crippen MR) is 90.6 cm³/mol. The van der Waals surface area contributed by atoms with Crippen molar-refractivity contribution in [3.05, 3.63) is 82.7 Å². The van der Waals surface area contributed by atoms with Crippen molar-refractivity contribution in [2.75, 3.05) is 0 Å². The maximum absolute atomic E-state index is 14.0. The second kappa shape index (κ2) is 6.38. The van der Waals surface area contributed by atoms with Gasteiger partial charge in [-0.3, -0.25) is 9.59 Å². The number of carbonyl (C=O) groups is 3. The van der Waals surface area contributed by atoms with E-state index >= 15 is 0 Å². The summed E-state index contributed by atoms with van der Waals surface area (Å²) < 4.78 is 28.2. The van der Waals surface area contributed by atoms with Gasteiger partial charge in [-0.25, -0.2) is 18.3 Å². The van der Waals surface area contributed by atoms with Gasteiger partial charge in [0.1, 0.15) is 17.1 Å². The molecule has 0 bridgehead atoms. The smallest absolute Gasteiger partial charge is 0.324 e. The van der Waals surface area contributed by atoms with E-state index in [1.165, 1.54) is 25.1 Å². The summed E-state index contributed by atoms with van der Waals surface area (Å²) in [6.07, 6.45) is 1.11. The molecule has 0 saturated carbocycles. The van der Waals surface area contributed by atoms with Crippen LogP contribution >= 0.6 is 0 Å². The lowest BCUT2D eigenvalue weighted by atomic mass is 10.1. The van der Waals surface area contributed by atoms with Gasteiger partial charge in [0, 0.05) is 6.07 Å². The fourth-order valence-corrected chi connectivity index (χ4v) is 2.89. The third-order valence-electron chi connectivity index (χ3n) is 4.30. The monoisotopic (exact) mass is 383 g/mol. The molecule has 0 N–H and O–H groups in total. The number of hydroxylamine groups is 2. The van der Waals surface area contributed by atoms with Crippen LogP contribution in [0.4, 0.5) is 8.78 Å². The van der Waals surface area contributed by atoms with Gasteiger partial charge in [-0.15, -0.1) is 0 Å². The highest BCUT2D eigenvalue weighted by Crippen LogP contribution is 2.24. The van der Waals surface area contributed by atoms with E-state index in [2.05, 4.69) is 5.10 Å². The lowest BCUT2D eigenvalue weighted by Gasteiger charge is -2.12. The molecule has 0 saturated heterocycles. The molecule has 9 heteroatoms. The highest BCUT2D eigenvalue weighted by atomic mass is 19.1. The molecule has 3 aromatic rings. The maximum atomic E-state index is 14.0. The molecule has 4 rings (SSSR count). The number of halogens is 2. The number of carbonyl (C=O) groups excluding carboxylic acids is 3. The SMILES string of the molecule is Cc1c(C(=O)ON2C(=O)c3ccccc3C2=O)cnn1-c1ccc(F)cc1F. The van der Waals surface area contributed by atoms with E-state index in [9.17, 15) is 23.2 Å². The molecular weight excluding hydrogens is 372 g/mol. The minimum absolute atomic E-state index is 0.0707. The van der Waals surface area contributed by atoms with Crippen LogP contribution in [-0.4, -0.2) is 32.6 Å². The molecule has 0 radical (unpaired) electrons. The van der Waals surface area contributed by atoms with Crippen molar-refractivity contribution in [2.24, 2.45) is 0 Å².